The topological polar surface area (TPSA) is 61.0 Å². The summed E-state index contributed by atoms with van der Waals surface area (Å²) < 4.78 is 19.1. The van der Waals surface area contributed by atoms with Crippen LogP contribution in [0.1, 0.15) is 18.2 Å². The second-order valence-electron chi connectivity index (χ2n) is 3.77. The molecule has 0 amide bonds. The normalized spacial score (nSPS) is 10.4. The summed E-state index contributed by atoms with van der Waals surface area (Å²) in [6, 6.07) is 6.32. The summed E-state index contributed by atoms with van der Waals surface area (Å²) >= 11 is 0. The second-order valence-corrected chi connectivity index (χ2v) is 3.77. The number of ether oxygens (including phenoxy) is 1. The maximum atomic E-state index is 13.7. The van der Waals surface area contributed by atoms with Crippen LogP contribution in [-0.2, 0) is 13.0 Å². The van der Waals surface area contributed by atoms with Crippen molar-refractivity contribution in [2.75, 3.05) is 0 Å². The molecule has 0 unspecified atom stereocenters. The van der Waals surface area contributed by atoms with Crippen molar-refractivity contribution < 1.29 is 9.13 Å². The minimum atomic E-state index is -0.449. The number of hydrogen-bond donors (Lipinski definition) is 1. The predicted octanol–water partition coefficient (Wildman–Crippen LogP) is 2.43. The van der Waals surface area contributed by atoms with Crippen LogP contribution in [0.2, 0.25) is 0 Å². The highest BCUT2D eigenvalue weighted by Gasteiger charge is 2.07. The zero-order chi connectivity index (χ0) is 13.0. The molecule has 0 aliphatic carbocycles. The molecule has 0 bridgehead atoms. The first-order valence-electron chi connectivity index (χ1n) is 5.70. The van der Waals surface area contributed by atoms with E-state index in [2.05, 4.69) is 9.97 Å². The van der Waals surface area contributed by atoms with E-state index in [4.69, 9.17) is 10.5 Å². The van der Waals surface area contributed by atoms with E-state index in [1.54, 1.807) is 18.2 Å². The first-order valence-corrected chi connectivity index (χ1v) is 5.70. The monoisotopic (exact) mass is 247 g/mol. The molecule has 0 aliphatic heterocycles. The molecule has 4 nitrogen and oxygen atoms in total. The Bertz CT molecular complexity index is 546. The van der Waals surface area contributed by atoms with Gasteiger partial charge in [-0.2, -0.15) is 0 Å². The van der Waals surface area contributed by atoms with Crippen LogP contribution in [0.15, 0.2) is 30.6 Å². The number of aromatic nitrogens is 2. The quantitative estimate of drug-likeness (QED) is 0.901. The Labute approximate surface area is 105 Å². The summed E-state index contributed by atoms with van der Waals surface area (Å²) in [4.78, 5) is 7.99. The smallest absolute Gasteiger partial charge is 0.222 e. The number of nitrogens with zero attached hydrogens (tertiary/aromatic N) is 2. The van der Waals surface area contributed by atoms with Gasteiger partial charge in [0.1, 0.15) is 6.33 Å². The van der Waals surface area contributed by atoms with E-state index < -0.39 is 5.82 Å². The zero-order valence-corrected chi connectivity index (χ0v) is 10.1. The fraction of sp³-hybridized carbons (Fsp3) is 0.231. The fourth-order valence-corrected chi connectivity index (χ4v) is 1.49. The number of aryl methyl sites for hydroxylation is 1. The molecular formula is C13H14FN3O. The van der Waals surface area contributed by atoms with Crippen LogP contribution in [0, 0.1) is 5.82 Å². The van der Waals surface area contributed by atoms with Gasteiger partial charge in [-0.25, -0.2) is 14.4 Å². The van der Waals surface area contributed by atoms with Gasteiger partial charge in [-0.15, -0.1) is 0 Å². The number of benzene rings is 1. The molecule has 0 aliphatic rings. The Kier molecular flexibility index (Phi) is 3.84. The van der Waals surface area contributed by atoms with Crippen LogP contribution in [-0.4, -0.2) is 9.97 Å². The number of hydrogen-bond acceptors (Lipinski definition) is 4. The highest BCUT2D eigenvalue weighted by Crippen LogP contribution is 2.23. The summed E-state index contributed by atoms with van der Waals surface area (Å²) in [5.41, 5.74) is 7.00. The van der Waals surface area contributed by atoms with Gasteiger partial charge in [-0.1, -0.05) is 13.0 Å². The molecule has 94 valence electrons. The minimum Gasteiger partial charge on any atom is -0.436 e. The molecule has 0 radical (unpaired) electrons. The molecule has 0 fully saturated rings. The van der Waals surface area contributed by atoms with Crippen molar-refractivity contribution in [2.24, 2.45) is 5.73 Å². The summed E-state index contributed by atoms with van der Waals surface area (Å²) in [5, 5.41) is 0. The molecule has 5 heteroatoms. The lowest BCUT2D eigenvalue weighted by Gasteiger charge is -2.07. The third kappa shape index (κ3) is 2.81. The van der Waals surface area contributed by atoms with Crippen LogP contribution < -0.4 is 10.5 Å². The van der Waals surface area contributed by atoms with Gasteiger partial charge in [0.05, 0.1) is 0 Å². The van der Waals surface area contributed by atoms with Crippen molar-refractivity contribution in [3.8, 4) is 11.6 Å². The summed E-state index contributed by atoms with van der Waals surface area (Å²) in [5.74, 6) is 0.0174. The van der Waals surface area contributed by atoms with Gasteiger partial charge in [0.15, 0.2) is 11.6 Å². The molecule has 2 aromatic rings. The van der Waals surface area contributed by atoms with Crippen LogP contribution in [0.25, 0.3) is 0 Å². The van der Waals surface area contributed by atoms with Gasteiger partial charge >= 0.3 is 0 Å². The third-order valence-electron chi connectivity index (χ3n) is 2.51. The first-order chi connectivity index (χ1) is 8.72. The second kappa shape index (κ2) is 5.55. The summed E-state index contributed by atoms with van der Waals surface area (Å²) in [6.07, 6.45) is 2.17. The largest absolute Gasteiger partial charge is 0.436 e. The van der Waals surface area contributed by atoms with E-state index in [0.717, 1.165) is 17.7 Å². The van der Waals surface area contributed by atoms with Gasteiger partial charge in [0.25, 0.3) is 0 Å². The molecule has 0 saturated heterocycles. The van der Waals surface area contributed by atoms with Crippen molar-refractivity contribution in [3.05, 3.63) is 47.7 Å². The first kappa shape index (κ1) is 12.4. The number of nitrogens with two attached hydrogens (primary N) is 1. The maximum absolute atomic E-state index is 13.7. The van der Waals surface area contributed by atoms with Crippen molar-refractivity contribution in [2.45, 2.75) is 19.9 Å². The average molecular weight is 247 g/mol. The maximum Gasteiger partial charge on any atom is 0.222 e. The Morgan fingerprint density at radius 3 is 2.78 bits per heavy atom. The van der Waals surface area contributed by atoms with E-state index in [9.17, 15) is 4.39 Å². The Balaban J connectivity index is 2.22. The molecule has 1 heterocycles. The van der Waals surface area contributed by atoms with Crippen molar-refractivity contribution in [1.82, 2.24) is 9.97 Å². The fourth-order valence-electron chi connectivity index (χ4n) is 1.49. The lowest BCUT2D eigenvalue weighted by Crippen LogP contribution is -1.98. The van der Waals surface area contributed by atoms with Crippen LogP contribution >= 0.6 is 0 Å². The standard InChI is InChI=1S/C13H14FN3O/c1-2-10-6-13(17-8-16-10)18-12-4-3-9(7-15)5-11(12)14/h3-6,8H,2,7,15H2,1H3. The van der Waals surface area contributed by atoms with E-state index in [1.807, 2.05) is 6.92 Å². The molecule has 0 spiro atoms. The van der Waals surface area contributed by atoms with Gasteiger partial charge < -0.3 is 10.5 Å². The van der Waals surface area contributed by atoms with Crippen molar-refractivity contribution >= 4 is 0 Å². The van der Waals surface area contributed by atoms with Crippen LogP contribution in [0.4, 0.5) is 4.39 Å². The predicted molar refractivity (Wildman–Crippen MR) is 65.8 cm³/mol. The van der Waals surface area contributed by atoms with Crippen LogP contribution in [0.3, 0.4) is 0 Å². The lowest BCUT2D eigenvalue weighted by atomic mass is 10.2. The van der Waals surface area contributed by atoms with Crippen molar-refractivity contribution in [3.63, 3.8) is 0 Å². The molecule has 1 aromatic carbocycles. The third-order valence-corrected chi connectivity index (χ3v) is 2.51. The molecule has 2 N–H and O–H groups in total. The van der Waals surface area contributed by atoms with Crippen molar-refractivity contribution in [1.29, 1.82) is 0 Å². The molecule has 2 rings (SSSR count). The van der Waals surface area contributed by atoms with Gasteiger partial charge in [-0.3, -0.25) is 0 Å². The van der Waals surface area contributed by atoms with Crippen LogP contribution in [0.5, 0.6) is 11.6 Å². The molecular weight excluding hydrogens is 233 g/mol. The average Bonchev–Trinajstić information content (AvgIpc) is 2.41. The molecule has 1 aromatic heterocycles. The summed E-state index contributed by atoms with van der Waals surface area (Å²) in [6.45, 7) is 2.27. The minimum absolute atomic E-state index is 0.132. The van der Waals surface area contributed by atoms with E-state index in [1.165, 1.54) is 12.4 Å². The number of rotatable bonds is 4. The van der Waals surface area contributed by atoms with Gasteiger partial charge in [0.2, 0.25) is 5.88 Å². The Hall–Kier alpha value is -2.01. The van der Waals surface area contributed by atoms with Gasteiger partial charge in [0, 0.05) is 18.3 Å². The SMILES string of the molecule is CCc1cc(Oc2ccc(CN)cc2F)ncn1. The molecule has 0 saturated carbocycles. The number of halogens is 1. The van der Waals surface area contributed by atoms with E-state index >= 15 is 0 Å². The highest BCUT2D eigenvalue weighted by atomic mass is 19.1. The lowest BCUT2D eigenvalue weighted by molar-refractivity contribution is 0.425. The zero-order valence-electron chi connectivity index (χ0n) is 10.1. The molecule has 0 atom stereocenters. The highest BCUT2D eigenvalue weighted by molar-refractivity contribution is 5.32. The Morgan fingerprint density at radius 2 is 2.11 bits per heavy atom. The van der Waals surface area contributed by atoms with E-state index in [-0.39, 0.29) is 5.75 Å². The Morgan fingerprint density at radius 1 is 1.28 bits per heavy atom. The van der Waals surface area contributed by atoms with Gasteiger partial charge in [-0.05, 0) is 24.1 Å². The van der Waals surface area contributed by atoms with E-state index in [0.29, 0.717) is 12.4 Å². The summed E-state index contributed by atoms with van der Waals surface area (Å²) in [7, 11) is 0. The molecule has 18 heavy (non-hydrogen) atoms.